The number of pyridine rings is 1. The molecule has 3 rings (SSSR count). The van der Waals surface area contributed by atoms with Gasteiger partial charge in [0.1, 0.15) is 17.2 Å². The van der Waals surface area contributed by atoms with Gasteiger partial charge in [0.15, 0.2) is 0 Å². The van der Waals surface area contributed by atoms with Crippen LogP contribution in [-0.2, 0) is 0 Å². The zero-order valence-electron chi connectivity index (χ0n) is 11.1. The van der Waals surface area contributed by atoms with Crippen LogP contribution in [0.4, 0.5) is 10.1 Å². The summed E-state index contributed by atoms with van der Waals surface area (Å²) in [7, 11) is 0. The standard InChI is InChI=1S/C15H11ClFN3O/c1-9-3-2-4-14-19-13(8-20(9)14)15(21)18-10-5-6-12(17)11(16)7-10/h2-8H,1H3,(H,18,21). The highest BCUT2D eigenvalue weighted by Gasteiger charge is 2.12. The molecule has 0 fully saturated rings. The average Bonchev–Trinajstić information content (AvgIpc) is 2.89. The maximum atomic E-state index is 13.1. The number of imidazole rings is 1. The highest BCUT2D eigenvalue weighted by Crippen LogP contribution is 2.20. The van der Waals surface area contributed by atoms with Crippen LogP contribution in [0.5, 0.6) is 0 Å². The molecule has 0 aliphatic carbocycles. The summed E-state index contributed by atoms with van der Waals surface area (Å²) >= 11 is 5.68. The van der Waals surface area contributed by atoms with Crippen LogP contribution in [0, 0.1) is 12.7 Å². The third-order valence-electron chi connectivity index (χ3n) is 3.11. The summed E-state index contributed by atoms with van der Waals surface area (Å²) in [6, 6.07) is 9.62. The Hall–Kier alpha value is -2.40. The summed E-state index contributed by atoms with van der Waals surface area (Å²) in [5.41, 5.74) is 2.37. The van der Waals surface area contributed by atoms with E-state index >= 15 is 0 Å². The lowest BCUT2D eigenvalue weighted by Gasteiger charge is -2.03. The minimum Gasteiger partial charge on any atom is -0.321 e. The number of carbonyl (C=O) groups is 1. The Morgan fingerprint density at radius 3 is 2.86 bits per heavy atom. The van der Waals surface area contributed by atoms with Gasteiger partial charge in [-0.05, 0) is 37.3 Å². The number of anilines is 1. The van der Waals surface area contributed by atoms with E-state index in [1.807, 2.05) is 29.5 Å². The molecule has 106 valence electrons. The van der Waals surface area contributed by atoms with Crippen LogP contribution in [0.25, 0.3) is 5.65 Å². The number of nitrogens with zero attached hydrogens (tertiary/aromatic N) is 2. The molecular formula is C15H11ClFN3O. The molecule has 0 saturated carbocycles. The number of fused-ring (bicyclic) bond motifs is 1. The predicted octanol–water partition coefficient (Wildman–Crippen LogP) is 3.69. The number of carbonyl (C=O) groups excluding carboxylic acids is 1. The molecule has 0 spiro atoms. The first-order chi connectivity index (χ1) is 10.0. The van der Waals surface area contributed by atoms with Crippen LogP contribution in [0.2, 0.25) is 5.02 Å². The molecule has 3 aromatic rings. The van der Waals surface area contributed by atoms with E-state index in [0.29, 0.717) is 11.3 Å². The first-order valence-corrected chi connectivity index (χ1v) is 6.63. The van der Waals surface area contributed by atoms with Gasteiger partial charge in [0.25, 0.3) is 5.91 Å². The Labute approximate surface area is 125 Å². The van der Waals surface area contributed by atoms with E-state index < -0.39 is 5.82 Å². The molecule has 0 aliphatic rings. The smallest absolute Gasteiger partial charge is 0.275 e. The summed E-state index contributed by atoms with van der Waals surface area (Å²) in [6.07, 6.45) is 1.66. The number of benzene rings is 1. The van der Waals surface area contributed by atoms with Gasteiger partial charge in [0, 0.05) is 17.6 Å². The molecule has 1 amide bonds. The molecule has 2 heterocycles. The van der Waals surface area contributed by atoms with Gasteiger partial charge in [-0.15, -0.1) is 0 Å². The van der Waals surface area contributed by atoms with Crippen molar-refractivity contribution in [1.29, 1.82) is 0 Å². The third-order valence-corrected chi connectivity index (χ3v) is 3.40. The molecule has 4 nitrogen and oxygen atoms in total. The van der Waals surface area contributed by atoms with Crippen molar-refractivity contribution in [3.8, 4) is 0 Å². The van der Waals surface area contributed by atoms with Gasteiger partial charge in [-0.2, -0.15) is 0 Å². The molecule has 6 heteroatoms. The summed E-state index contributed by atoms with van der Waals surface area (Å²) in [4.78, 5) is 16.4. The van der Waals surface area contributed by atoms with Crippen molar-refractivity contribution in [3.05, 3.63) is 64.8 Å². The van der Waals surface area contributed by atoms with Crippen molar-refractivity contribution < 1.29 is 9.18 Å². The Bertz CT molecular complexity index is 844. The Morgan fingerprint density at radius 2 is 2.14 bits per heavy atom. The van der Waals surface area contributed by atoms with E-state index in [1.54, 1.807) is 6.20 Å². The number of aromatic nitrogens is 2. The quantitative estimate of drug-likeness (QED) is 0.785. The number of amides is 1. The number of rotatable bonds is 2. The number of hydrogen-bond donors (Lipinski definition) is 1. The zero-order valence-corrected chi connectivity index (χ0v) is 11.9. The molecule has 0 bridgehead atoms. The largest absolute Gasteiger partial charge is 0.321 e. The third kappa shape index (κ3) is 2.60. The molecule has 0 unspecified atom stereocenters. The molecular weight excluding hydrogens is 293 g/mol. The number of halogens is 2. The summed E-state index contributed by atoms with van der Waals surface area (Å²) in [6.45, 7) is 1.93. The Kier molecular flexibility index (Phi) is 3.35. The second-order valence-corrected chi connectivity index (χ2v) is 5.01. The van der Waals surface area contributed by atoms with Crippen molar-refractivity contribution in [3.63, 3.8) is 0 Å². The van der Waals surface area contributed by atoms with Crippen molar-refractivity contribution >= 4 is 28.8 Å². The van der Waals surface area contributed by atoms with Crippen LogP contribution >= 0.6 is 11.6 Å². The van der Waals surface area contributed by atoms with Gasteiger partial charge < -0.3 is 9.72 Å². The van der Waals surface area contributed by atoms with Crippen LogP contribution in [0.1, 0.15) is 16.2 Å². The van der Waals surface area contributed by atoms with Gasteiger partial charge in [-0.3, -0.25) is 4.79 Å². The van der Waals surface area contributed by atoms with E-state index in [0.717, 1.165) is 5.69 Å². The highest BCUT2D eigenvalue weighted by atomic mass is 35.5. The van der Waals surface area contributed by atoms with Crippen LogP contribution in [0.15, 0.2) is 42.6 Å². The van der Waals surface area contributed by atoms with E-state index in [1.165, 1.54) is 18.2 Å². The van der Waals surface area contributed by atoms with Crippen molar-refractivity contribution in [1.82, 2.24) is 9.38 Å². The lowest BCUT2D eigenvalue weighted by atomic mass is 10.3. The van der Waals surface area contributed by atoms with Gasteiger partial charge in [0.2, 0.25) is 0 Å². The zero-order chi connectivity index (χ0) is 15.0. The summed E-state index contributed by atoms with van der Waals surface area (Å²) < 4.78 is 14.9. The number of aryl methyl sites for hydroxylation is 1. The lowest BCUT2D eigenvalue weighted by Crippen LogP contribution is -2.12. The second-order valence-electron chi connectivity index (χ2n) is 4.60. The second kappa shape index (κ2) is 5.18. The van der Waals surface area contributed by atoms with E-state index in [2.05, 4.69) is 10.3 Å². The molecule has 0 radical (unpaired) electrons. The molecule has 21 heavy (non-hydrogen) atoms. The normalized spacial score (nSPS) is 10.8. The Balaban J connectivity index is 1.90. The SMILES string of the molecule is Cc1cccc2nc(C(=O)Nc3ccc(F)c(Cl)c3)cn12. The fourth-order valence-electron chi connectivity index (χ4n) is 2.03. The number of hydrogen-bond acceptors (Lipinski definition) is 2. The molecule has 0 saturated heterocycles. The van der Waals surface area contributed by atoms with Crippen molar-refractivity contribution in [2.45, 2.75) is 6.92 Å². The van der Waals surface area contributed by atoms with Crippen LogP contribution < -0.4 is 5.32 Å². The monoisotopic (exact) mass is 303 g/mol. The van der Waals surface area contributed by atoms with E-state index in [9.17, 15) is 9.18 Å². The highest BCUT2D eigenvalue weighted by molar-refractivity contribution is 6.31. The molecule has 1 aromatic carbocycles. The van der Waals surface area contributed by atoms with Crippen molar-refractivity contribution in [2.24, 2.45) is 0 Å². The van der Waals surface area contributed by atoms with Crippen LogP contribution in [-0.4, -0.2) is 15.3 Å². The topological polar surface area (TPSA) is 46.4 Å². The predicted molar refractivity (Wildman–Crippen MR) is 79.3 cm³/mol. The van der Waals surface area contributed by atoms with Crippen LogP contribution in [0.3, 0.4) is 0 Å². The minimum absolute atomic E-state index is 0.0429. The lowest BCUT2D eigenvalue weighted by molar-refractivity contribution is 0.102. The average molecular weight is 304 g/mol. The van der Waals surface area contributed by atoms with Gasteiger partial charge in [0.05, 0.1) is 5.02 Å². The first-order valence-electron chi connectivity index (χ1n) is 6.26. The van der Waals surface area contributed by atoms with Gasteiger partial charge in [-0.1, -0.05) is 17.7 Å². The molecule has 0 aliphatic heterocycles. The number of nitrogens with one attached hydrogen (secondary N) is 1. The molecule has 1 N–H and O–H groups in total. The summed E-state index contributed by atoms with van der Waals surface area (Å²) in [5.74, 6) is -0.904. The van der Waals surface area contributed by atoms with E-state index in [4.69, 9.17) is 11.6 Å². The maximum Gasteiger partial charge on any atom is 0.275 e. The van der Waals surface area contributed by atoms with Gasteiger partial charge in [-0.25, -0.2) is 9.37 Å². The fraction of sp³-hybridized carbons (Fsp3) is 0.0667. The maximum absolute atomic E-state index is 13.1. The molecule has 0 atom stereocenters. The van der Waals surface area contributed by atoms with Crippen molar-refractivity contribution in [2.75, 3.05) is 5.32 Å². The van der Waals surface area contributed by atoms with E-state index in [-0.39, 0.29) is 16.6 Å². The van der Waals surface area contributed by atoms with Gasteiger partial charge >= 0.3 is 0 Å². The Morgan fingerprint density at radius 1 is 1.33 bits per heavy atom. The fourth-order valence-corrected chi connectivity index (χ4v) is 2.21. The molecule has 2 aromatic heterocycles. The minimum atomic E-state index is -0.530. The first kappa shape index (κ1) is 13.6. The summed E-state index contributed by atoms with van der Waals surface area (Å²) in [5, 5.41) is 2.60.